The highest BCUT2D eigenvalue weighted by atomic mass is 16.5. The molecule has 0 radical (unpaired) electrons. The van der Waals surface area contributed by atoms with E-state index in [0.717, 1.165) is 5.56 Å². The first-order valence-electron chi connectivity index (χ1n) is 11.1. The molecular formula is C26H35N3O4. The second kappa shape index (κ2) is 11.0. The average Bonchev–Trinajstić information content (AvgIpc) is 2.74. The molecule has 2 rings (SSSR count). The van der Waals surface area contributed by atoms with Gasteiger partial charge in [-0.2, -0.15) is 0 Å². The van der Waals surface area contributed by atoms with Gasteiger partial charge in [0.2, 0.25) is 11.8 Å². The maximum absolute atomic E-state index is 12.2. The van der Waals surface area contributed by atoms with Crippen molar-refractivity contribution in [1.82, 2.24) is 10.9 Å². The Bertz CT molecular complexity index is 973. The Morgan fingerprint density at radius 3 is 1.97 bits per heavy atom. The van der Waals surface area contributed by atoms with Gasteiger partial charge in [-0.15, -0.1) is 0 Å². The fraction of sp³-hybridized carbons (Fsp3) is 0.423. The van der Waals surface area contributed by atoms with Gasteiger partial charge in [0.25, 0.3) is 5.91 Å². The minimum atomic E-state index is -0.489. The molecule has 0 aliphatic carbocycles. The van der Waals surface area contributed by atoms with E-state index in [2.05, 4.69) is 63.8 Å². The lowest BCUT2D eigenvalue weighted by molar-refractivity contribution is -0.130. The van der Waals surface area contributed by atoms with E-state index in [1.807, 2.05) is 30.3 Å². The second-order valence-corrected chi connectivity index (χ2v) is 10.0. The van der Waals surface area contributed by atoms with Gasteiger partial charge in [0.1, 0.15) is 5.75 Å². The van der Waals surface area contributed by atoms with E-state index in [-0.39, 0.29) is 36.2 Å². The average molecular weight is 454 g/mol. The number of para-hydroxylation sites is 1. The van der Waals surface area contributed by atoms with Gasteiger partial charge in [0.05, 0.1) is 0 Å². The maximum atomic E-state index is 12.2. The molecule has 0 aliphatic rings. The Labute approximate surface area is 196 Å². The largest absolute Gasteiger partial charge is 0.483 e. The number of benzene rings is 2. The zero-order chi connectivity index (χ0) is 24.6. The van der Waals surface area contributed by atoms with Crippen molar-refractivity contribution in [2.45, 2.75) is 65.2 Å². The summed E-state index contributed by atoms with van der Waals surface area (Å²) in [6.07, 6.45) is -0.0512. The number of ether oxygens (including phenoxy) is 1. The lowest BCUT2D eigenvalue weighted by Gasteiger charge is -2.27. The molecule has 178 valence electrons. The van der Waals surface area contributed by atoms with Crippen molar-refractivity contribution >= 4 is 23.4 Å². The molecule has 33 heavy (non-hydrogen) atoms. The molecule has 0 aliphatic heterocycles. The number of rotatable bonds is 7. The SMILES string of the molecule is CC(C)(C)c1ccc(OCC(=O)NNC(=O)CCC(=O)Nc2ccccc2)c(C(C)(C)C)c1. The van der Waals surface area contributed by atoms with Crippen LogP contribution in [0.3, 0.4) is 0 Å². The van der Waals surface area contributed by atoms with Crippen LogP contribution in [0.4, 0.5) is 5.69 Å². The van der Waals surface area contributed by atoms with Crippen LogP contribution in [0.2, 0.25) is 0 Å². The predicted molar refractivity (Wildman–Crippen MR) is 130 cm³/mol. The minimum absolute atomic E-state index is 0.00180. The molecule has 0 atom stereocenters. The van der Waals surface area contributed by atoms with Crippen LogP contribution in [-0.4, -0.2) is 24.3 Å². The Morgan fingerprint density at radius 2 is 1.36 bits per heavy atom. The summed E-state index contributed by atoms with van der Waals surface area (Å²) in [6, 6.07) is 15.0. The van der Waals surface area contributed by atoms with Gasteiger partial charge in [0, 0.05) is 18.5 Å². The highest BCUT2D eigenvalue weighted by Gasteiger charge is 2.23. The van der Waals surface area contributed by atoms with E-state index in [1.165, 1.54) is 5.56 Å². The summed E-state index contributed by atoms with van der Waals surface area (Å²) in [4.78, 5) is 36.0. The molecule has 0 unspecified atom stereocenters. The predicted octanol–water partition coefficient (Wildman–Crippen LogP) is 4.23. The Balaban J connectivity index is 1.81. The molecule has 0 heterocycles. The van der Waals surface area contributed by atoms with Crippen molar-refractivity contribution in [3.05, 3.63) is 59.7 Å². The summed E-state index contributed by atoms with van der Waals surface area (Å²) in [5, 5.41) is 2.70. The third kappa shape index (κ3) is 8.60. The number of carbonyl (C=O) groups is 3. The number of hydrazine groups is 1. The summed E-state index contributed by atoms with van der Waals surface area (Å²) < 4.78 is 5.76. The van der Waals surface area contributed by atoms with E-state index in [1.54, 1.807) is 12.1 Å². The topological polar surface area (TPSA) is 96.5 Å². The third-order valence-corrected chi connectivity index (χ3v) is 4.99. The first kappa shape index (κ1) is 25.9. The van der Waals surface area contributed by atoms with Crippen LogP contribution >= 0.6 is 0 Å². The number of hydrogen-bond donors (Lipinski definition) is 3. The molecule has 0 spiro atoms. The van der Waals surface area contributed by atoms with Crippen LogP contribution < -0.4 is 20.9 Å². The van der Waals surface area contributed by atoms with Gasteiger partial charge >= 0.3 is 0 Å². The lowest BCUT2D eigenvalue weighted by Crippen LogP contribution is -2.44. The zero-order valence-corrected chi connectivity index (χ0v) is 20.4. The van der Waals surface area contributed by atoms with Crippen molar-refractivity contribution < 1.29 is 19.1 Å². The summed E-state index contributed by atoms with van der Waals surface area (Å²) in [5.74, 6) is -0.595. The molecular weight excluding hydrogens is 418 g/mol. The van der Waals surface area contributed by atoms with Crippen LogP contribution in [-0.2, 0) is 25.2 Å². The number of anilines is 1. The smallest absolute Gasteiger partial charge is 0.276 e. The van der Waals surface area contributed by atoms with E-state index in [0.29, 0.717) is 11.4 Å². The summed E-state index contributed by atoms with van der Waals surface area (Å²) >= 11 is 0. The molecule has 2 aromatic rings. The lowest BCUT2D eigenvalue weighted by atomic mass is 9.80. The van der Waals surface area contributed by atoms with Crippen molar-refractivity contribution in [3.63, 3.8) is 0 Å². The van der Waals surface area contributed by atoms with Gasteiger partial charge in [-0.3, -0.25) is 25.2 Å². The molecule has 7 nitrogen and oxygen atoms in total. The zero-order valence-electron chi connectivity index (χ0n) is 20.4. The number of hydrogen-bond acceptors (Lipinski definition) is 4. The normalized spacial score (nSPS) is 11.5. The van der Waals surface area contributed by atoms with Crippen LogP contribution in [0.5, 0.6) is 5.75 Å². The maximum Gasteiger partial charge on any atom is 0.276 e. The van der Waals surface area contributed by atoms with Crippen LogP contribution in [0.25, 0.3) is 0 Å². The summed E-state index contributed by atoms with van der Waals surface area (Å²) in [5.41, 5.74) is 7.33. The number of amides is 3. The van der Waals surface area contributed by atoms with E-state index < -0.39 is 11.8 Å². The Kier molecular flexibility index (Phi) is 8.63. The summed E-state index contributed by atoms with van der Waals surface area (Å²) in [6.45, 7) is 12.5. The third-order valence-electron chi connectivity index (χ3n) is 4.99. The van der Waals surface area contributed by atoms with Gasteiger partial charge in [0.15, 0.2) is 6.61 Å². The summed E-state index contributed by atoms with van der Waals surface area (Å²) in [7, 11) is 0. The molecule has 2 aromatic carbocycles. The first-order chi connectivity index (χ1) is 15.4. The molecule has 0 saturated carbocycles. The molecule has 3 N–H and O–H groups in total. The van der Waals surface area contributed by atoms with Crippen molar-refractivity contribution in [1.29, 1.82) is 0 Å². The minimum Gasteiger partial charge on any atom is -0.483 e. The standard InChI is InChI=1S/C26H35N3O4/c1-25(2,3)18-12-13-21(20(16-18)26(4,5)6)33-17-24(32)29-28-23(31)15-14-22(30)27-19-10-8-7-9-11-19/h7-13,16H,14-15,17H2,1-6H3,(H,27,30)(H,28,31)(H,29,32). The number of nitrogens with one attached hydrogen (secondary N) is 3. The van der Waals surface area contributed by atoms with Gasteiger partial charge in [-0.25, -0.2) is 0 Å². The van der Waals surface area contributed by atoms with E-state index in [4.69, 9.17) is 4.74 Å². The quantitative estimate of drug-likeness (QED) is 0.547. The second-order valence-electron chi connectivity index (χ2n) is 10.0. The molecule has 0 bridgehead atoms. The van der Waals surface area contributed by atoms with Crippen molar-refractivity contribution in [2.24, 2.45) is 0 Å². The van der Waals surface area contributed by atoms with Crippen LogP contribution in [0.15, 0.2) is 48.5 Å². The molecule has 7 heteroatoms. The first-order valence-corrected chi connectivity index (χ1v) is 11.1. The molecule has 0 aromatic heterocycles. The molecule has 3 amide bonds. The highest BCUT2D eigenvalue weighted by molar-refractivity contribution is 5.93. The fourth-order valence-electron chi connectivity index (χ4n) is 3.06. The van der Waals surface area contributed by atoms with Crippen LogP contribution in [0.1, 0.15) is 65.5 Å². The molecule has 0 fully saturated rings. The van der Waals surface area contributed by atoms with Crippen LogP contribution in [0, 0.1) is 0 Å². The number of carbonyl (C=O) groups excluding carboxylic acids is 3. The fourth-order valence-corrected chi connectivity index (χ4v) is 3.06. The Hall–Kier alpha value is -3.35. The van der Waals surface area contributed by atoms with E-state index in [9.17, 15) is 14.4 Å². The van der Waals surface area contributed by atoms with Crippen molar-refractivity contribution in [3.8, 4) is 5.75 Å². The monoisotopic (exact) mass is 453 g/mol. The van der Waals surface area contributed by atoms with E-state index >= 15 is 0 Å². The van der Waals surface area contributed by atoms with Crippen molar-refractivity contribution in [2.75, 3.05) is 11.9 Å². The van der Waals surface area contributed by atoms with Gasteiger partial charge < -0.3 is 10.1 Å². The highest BCUT2D eigenvalue weighted by Crippen LogP contribution is 2.35. The van der Waals surface area contributed by atoms with Gasteiger partial charge in [-0.1, -0.05) is 71.9 Å². The Morgan fingerprint density at radius 1 is 0.758 bits per heavy atom. The molecule has 0 saturated heterocycles. The van der Waals surface area contributed by atoms with Gasteiger partial charge in [-0.05, 0) is 40.2 Å².